The van der Waals surface area contributed by atoms with Gasteiger partial charge in [0.05, 0.1) is 13.7 Å². The van der Waals surface area contributed by atoms with E-state index < -0.39 is 23.8 Å². The number of carbonyl (C=O) groups is 2. The van der Waals surface area contributed by atoms with Crippen LogP contribution in [0.15, 0.2) is 58.1 Å². The van der Waals surface area contributed by atoms with Gasteiger partial charge in [-0.3, -0.25) is 23.9 Å². The summed E-state index contributed by atoms with van der Waals surface area (Å²) in [4.78, 5) is 52.3. The van der Waals surface area contributed by atoms with E-state index in [4.69, 9.17) is 15.2 Å². The summed E-state index contributed by atoms with van der Waals surface area (Å²) in [6, 6.07) is 13.7. The number of aromatic nitrogens is 2. The number of ketones is 1. The minimum atomic E-state index is -0.791. The molecule has 0 bridgehead atoms. The lowest BCUT2D eigenvalue weighted by molar-refractivity contribution is -0.120. The molecule has 0 unspecified atom stereocenters. The molecule has 0 atom stereocenters. The van der Waals surface area contributed by atoms with Crippen LogP contribution in [-0.4, -0.2) is 42.0 Å². The van der Waals surface area contributed by atoms with Crippen LogP contribution in [0.4, 0.5) is 11.5 Å². The molecule has 10 nitrogen and oxygen atoms in total. The molecule has 0 aliphatic carbocycles. The molecular formula is C23H24N4O6. The van der Waals surface area contributed by atoms with Gasteiger partial charge < -0.3 is 20.1 Å². The smallest absolute Gasteiger partial charge is 0.330 e. The zero-order valence-corrected chi connectivity index (χ0v) is 18.5. The Bertz CT molecular complexity index is 1300. The van der Waals surface area contributed by atoms with E-state index in [1.807, 2.05) is 30.3 Å². The molecule has 3 aromatic rings. The quantitative estimate of drug-likeness (QED) is 0.493. The van der Waals surface area contributed by atoms with Crippen molar-refractivity contribution in [1.29, 1.82) is 0 Å². The molecular weight excluding hydrogens is 428 g/mol. The molecule has 3 N–H and O–H groups in total. The summed E-state index contributed by atoms with van der Waals surface area (Å²) < 4.78 is 12.0. The molecule has 3 rings (SSSR count). The number of likely N-dealkylation sites (N-methyl/N-ethyl adjacent to an activating group) is 1. The molecule has 0 radical (unpaired) electrons. The second kappa shape index (κ2) is 9.86. The van der Waals surface area contributed by atoms with Gasteiger partial charge in [-0.2, -0.15) is 0 Å². The van der Waals surface area contributed by atoms with Crippen molar-refractivity contribution in [3.63, 3.8) is 0 Å². The normalized spacial score (nSPS) is 10.5. The average molecular weight is 452 g/mol. The molecule has 0 fully saturated rings. The van der Waals surface area contributed by atoms with Crippen LogP contribution in [0, 0.1) is 0 Å². The Hall–Kier alpha value is -4.34. The largest absolute Gasteiger partial charge is 0.493 e. The van der Waals surface area contributed by atoms with Crippen LogP contribution in [0.1, 0.15) is 22.8 Å². The first kappa shape index (κ1) is 23.3. The highest BCUT2D eigenvalue weighted by Crippen LogP contribution is 2.28. The number of nitrogens with zero attached hydrogens (tertiary/aromatic N) is 2. The fourth-order valence-corrected chi connectivity index (χ4v) is 3.19. The molecule has 1 aromatic heterocycles. The van der Waals surface area contributed by atoms with Gasteiger partial charge in [0.1, 0.15) is 5.82 Å². The van der Waals surface area contributed by atoms with Crippen LogP contribution >= 0.6 is 0 Å². The highest BCUT2D eigenvalue weighted by atomic mass is 16.5. The topological polar surface area (TPSA) is 137 Å². The van der Waals surface area contributed by atoms with Crippen molar-refractivity contribution >= 4 is 23.2 Å². The van der Waals surface area contributed by atoms with Gasteiger partial charge in [0.2, 0.25) is 0 Å². The van der Waals surface area contributed by atoms with Crippen molar-refractivity contribution in [2.45, 2.75) is 13.5 Å². The zero-order valence-electron chi connectivity index (χ0n) is 18.5. The molecule has 2 aromatic carbocycles. The minimum Gasteiger partial charge on any atom is -0.493 e. The van der Waals surface area contributed by atoms with Crippen molar-refractivity contribution in [1.82, 2.24) is 9.55 Å². The number of Topliss-reactive ketones (excluding diaryl/α,β-unsaturated/α-hetero) is 1. The first-order chi connectivity index (χ1) is 15.7. The minimum absolute atomic E-state index is 0.119. The lowest BCUT2D eigenvalue weighted by Gasteiger charge is -2.21. The van der Waals surface area contributed by atoms with Gasteiger partial charge in [-0.05, 0) is 30.7 Å². The third-order valence-corrected chi connectivity index (χ3v) is 5.03. The fraction of sp³-hybridized carbons (Fsp3) is 0.217. The molecule has 1 amide bonds. The van der Waals surface area contributed by atoms with Gasteiger partial charge in [-0.15, -0.1) is 0 Å². The van der Waals surface area contributed by atoms with E-state index in [2.05, 4.69) is 4.98 Å². The van der Waals surface area contributed by atoms with E-state index in [1.54, 1.807) is 6.07 Å². The summed E-state index contributed by atoms with van der Waals surface area (Å²) in [6.45, 7) is 1.10. The van der Waals surface area contributed by atoms with Crippen LogP contribution < -0.4 is 31.4 Å². The number of anilines is 2. The first-order valence-electron chi connectivity index (χ1n) is 9.97. The van der Waals surface area contributed by atoms with Gasteiger partial charge >= 0.3 is 5.69 Å². The van der Waals surface area contributed by atoms with E-state index in [0.717, 1.165) is 10.5 Å². The van der Waals surface area contributed by atoms with Crippen LogP contribution in [0.25, 0.3) is 0 Å². The Morgan fingerprint density at radius 1 is 1.09 bits per heavy atom. The number of benzene rings is 2. The summed E-state index contributed by atoms with van der Waals surface area (Å²) in [5.74, 6) is -0.343. The predicted octanol–water partition coefficient (Wildman–Crippen LogP) is 1.42. The molecule has 10 heteroatoms. The van der Waals surface area contributed by atoms with Crippen molar-refractivity contribution in [2.75, 3.05) is 31.4 Å². The number of nitrogens with one attached hydrogen (secondary N) is 1. The summed E-state index contributed by atoms with van der Waals surface area (Å²) in [5, 5.41) is 0. The van der Waals surface area contributed by atoms with Gasteiger partial charge in [0, 0.05) is 12.6 Å². The van der Waals surface area contributed by atoms with Gasteiger partial charge in [0.25, 0.3) is 11.5 Å². The van der Waals surface area contributed by atoms with Crippen molar-refractivity contribution in [3.05, 3.63) is 80.5 Å². The third kappa shape index (κ3) is 5.12. The highest BCUT2D eigenvalue weighted by Gasteiger charge is 2.22. The number of carbonyl (C=O) groups excluding carboxylic acids is 2. The second-order valence-electron chi connectivity index (χ2n) is 7.23. The number of hydrogen-bond donors (Lipinski definition) is 2. The maximum absolute atomic E-state index is 12.8. The average Bonchev–Trinajstić information content (AvgIpc) is 2.80. The number of aromatic amines is 1. The van der Waals surface area contributed by atoms with Crippen LogP contribution in [0.2, 0.25) is 0 Å². The Balaban J connectivity index is 1.83. The first-order valence-corrected chi connectivity index (χ1v) is 9.97. The number of ether oxygens (including phenoxy) is 2. The molecule has 0 saturated heterocycles. The molecule has 172 valence electrons. The van der Waals surface area contributed by atoms with Crippen LogP contribution in [-0.2, 0) is 11.3 Å². The Morgan fingerprint density at radius 3 is 2.42 bits per heavy atom. The molecule has 0 aliphatic rings. The summed E-state index contributed by atoms with van der Waals surface area (Å²) >= 11 is 0. The predicted molar refractivity (Wildman–Crippen MR) is 123 cm³/mol. The fourth-order valence-electron chi connectivity index (χ4n) is 3.19. The number of hydrogen-bond acceptors (Lipinski definition) is 7. The van der Waals surface area contributed by atoms with Crippen LogP contribution in [0.5, 0.6) is 11.5 Å². The van der Waals surface area contributed by atoms with E-state index >= 15 is 0 Å². The zero-order chi connectivity index (χ0) is 24.1. The second-order valence-corrected chi connectivity index (χ2v) is 7.23. The maximum atomic E-state index is 12.8. The summed E-state index contributed by atoms with van der Waals surface area (Å²) in [5.41, 5.74) is 5.71. The SMILES string of the molecule is COc1cc(C(C)=O)ccc1OCC(=O)N(C)c1c(N)n(Cc2ccccc2)c(=O)[nH]c1=O. The molecule has 1 heterocycles. The molecule has 33 heavy (non-hydrogen) atoms. The highest BCUT2D eigenvalue weighted by molar-refractivity contribution is 5.96. The number of methoxy groups -OCH3 is 1. The van der Waals surface area contributed by atoms with Gasteiger partial charge in [-0.25, -0.2) is 4.79 Å². The van der Waals surface area contributed by atoms with Crippen molar-refractivity contribution in [2.24, 2.45) is 0 Å². The number of H-pyrrole nitrogens is 1. The number of nitrogen functional groups attached to an aromatic ring is 1. The molecule has 0 saturated carbocycles. The molecule has 0 spiro atoms. The maximum Gasteiger partial charge on any atom is 0.330 e. The van der Waals surface area contributed by atoms with E-state index in [0.29, 0.717) is 5.56 Å². The van der Waals surface area contributed by atoms with Crippen molar-refractivity contribution in [3.8, 4) is 11.5 Å². The molecule has 0 aliphatic heterocycles. The Morgan fingerprint density at radius 2 is 1.79 bits per heavy atom. The Kier molecular flexibility index (Phi) is 6.97. The Labute approximate surface area is 189 Å². The number of rotatable bonds is 8. The van der Waals surface area contributed by atoms with Gasteiger partial charge in [0.15, 0.2) is 29.6 Å². The number of nitrogens with two attached hydrogens (primary N) is 1. The van der Waals surface area contributed by atoms with Crippen LogP contribution in [0.3, 0.4) is 0 Å². The monoisotopic (exact) mass is 452 g/mol. The third-order valence-electron chi connectivity index (χ3n) is 5.03. The van der Waals surface area contributed by atoms with Gasteiger partial charge in [-0.1, -0.05) is 30.3 Å². The van der Waals surface area contributed by atoms with E-state index in [1.165, 1.54) is 37.8 Å². The standard InChI is InChI=1S/C23H24N4O6/c1-14(28)16-9-10-17(18(11-16)32-3)33-13-19(29)26(2)20-21(24)27(23(31)25-22(20)30)12-15-7-5-4-6-8-15/h4-11H,12-13,24H2,1-3H3,(H,25,30,31). The van der Waals surface area contributed by atoms with Crippen molar-refractivity contribution < 1.29 is 19.1 Å². The lowest BCUT2D eigenvalue weighted by atomic mass is 10.1. The lowest BCUT2D eigenvalue weighted by Crippen LogP contribution is -2.41. The van der Waals surface area contributed by atoms with E-state index in [9.17, 15) is 19.2 Å². The summed E-state index contributed by atoms with van der Waals surface area (Å²) in [6.07, 6.45) is 0. The summed E-state index contributed by atoms with van der Waals surface area (Å²) in [7, 11) is 2.77. The van der Waals surface area contributed by atoms with E-state index in [-0.39, 0.29) is 35.3 Å². The number of amides is 1.